The second kappa shape index (κ2) is 16.9. The van der Waals surface area contributed by atoms with Gasteiger partial charge in [-0.25, -0.2) is 24.3 Å². The van der Waals surface area contributed by atoms with Gasteiger partial charge in [-0.3, -0.25) is 0 Å². The van der Waals surface area contributed by atoms with Crippen LogP contribution in [0.15, 0.2) is 109 Å². The summed E-state index contributed by atoms with van der Waals surface area (Å²) in [6.07, 6.45) is 0. The van der Waals surface area contributed by atoms with Gasteiger partial charge < -0.3 is 0 Å². The monoisotopic (exact) mass is 544 g/mol. The molecule has 4 aromatic rings. The number of hydrogen-bond donors (Lipinski definition) is 0. The molecule has 4 rings (SSSR count). The van der Waals surface area contributed by atoms with Crippen molar-refractivity contribution in [3.05, 3.63) is 109 Å². The van der Waals surface area contributed by atoms with Gasteiger partial charge in [-0.2, -0.15) is 36.4 Å². The van der Waals surface area contributed by atoms with Gasteiger partial charge in [-0.15, -0.1) is 0 Å². The summed E-state index contributed by atoms with van der Waals surface area (Å²) in [5.41, 5.74) is 0. The fraction of sp³-hybridized carbons (Fsp3) is 0.0476. The maximum Gasteiger partial charge on any atom is -0.172 e. The van der Waals surface area contributed by atoms with E-state index in [-0.39, 0.29) is 34.1 Å². The largest absolute Gasteiger partial charge is 0.214 e. The first-order chi connectivity index (χ1) is 11.4. The molecule has 0 radical (unpaired) electrons. The van der Waals surface area contributed by atoms with Gasteiger partial charge in [0.25, 0.3) is 0 Å². The van der Waals surface area contributed by atoms with E-state index in [1.807, 2.05) is 60.7 Å². The van der Waals surface area contributed by atoms with Gasteiger partial charge in [0.05, 0.1) is 0 Å². The Hall–Kier alpha value is -0.522. The van der Waals surface area contributed by atoms with E-state index in [1.165, 1.54) is 4.22 Å². The molecular weight excluding hydrogens is 522 g/mol. The van der Waals surface area contributed by atoms with E-state index in [1.54, 1.807) is 8.92 Å². The van der Waals surface area contributed by atoms with Crippen LogP contribution < -0.4 is 8.92 Å². The molecule has 0 bridgehead atoms. The van der Waals surface area contributed by atoms with Gasteiger partial charge >= 0.3 is 126 Å². The van der Waals surface area contributed by atoms with Crippen LogP contribution in [0.3, 0.4) is 0 Å². The maximum absolute atomic E-state index is 2.24. The van der Waals surface area contributed by atoms with Crippen LogP contribution >= 0.6 is 0 Å². The topological polar surface area (TPSA) is 0 Å². The zero-order valence-corrected chi connectivity index (χ0v) is 19.3. The zero-order chi connectivity index (χ0) is 16.0. The molecule has 0 aliphatic heterocycles. The van der Waals surface area contributed by atoms with Crippen molar-refractivity contribution in [3.63, 3.8) is 0 Å². The fourth-order valence-corrected chi connectivity index (χ4v) is 7.48. The van der Waals surface area contributed by atoms with Gasteiger partial charge in [0.1, 0.15) is 0 Å². The average Bonchev–Trinajstić information content (AvgIpc) is 3.39. The van der Waals surface area contributed by atoms with E-state index in [9.17, 15) is 0 Å². The van der Waals surface area contributed by atoms with E-state index in [2.05, 4.69) is 48.5 Å². The Morgan fingerprint density at radius 2 is 1.28 bits per heavy atom. The van der Waals surface area contributed by atoms with Crippen LogP contribution in [-0.2, 0) is 34.1 Å². The SMILES string of the molecule is [Fe+2].[Fe+2].c1c[cH-]c([Se]C[Se][c-]2cccc2)c1.c1cc[cH-]c1.c1cc[cH-]c1. The Labute approximate surface area is 185 Å². The van der Waals surface area contributed by atoms with Crippen LogP contribution in [0.25, 0.3) is 0 Å². The average molecular weight is 542 g/mol. The maximum atomic E-state index is 2.24. The van der Waals surface area contributed by atoms with Crippen LogP contribution in [0, 0.1) is 0 Å². The molecule has 0 unspecified atom stereocenters. The minimum atomic E-state index is 0. The standard InChI is InChI=1S/C11H10Se2.2C5H5.2Fe/c1-2-6-10(5-1)12-9-13-11-7-3-4-8-11;2*1-2-4-5-3-1;;/h1-8H,9H2;2*1-5H;;/q-2;2*-1;2*+2. The van der Waals surface area contributed by atoms with E-state index >= 15 is 0 Å². The Bertz CT molecular complexity index is 557. The molecule has 0 heterocycles. The van der Waals surface area contributed by atoms with E-state index in [4.69, 9.17) is 0 Å². The minimum Gasteiger partial charge on any atom is -0.214 e. The number of hydrogen-bond acceptors (Lipinski definition) is 0. The summed E-state index contributed by atoms with van der Waals surface area (Å²) >= 11 is 1.39. The second-order valence-electron chi connectivity index (χ2n) is 4.57. The molecule has 0 saturated carbocycles. The Kier molecular flexibility index (Phi) is 16.6. The summed E-state index contributed by atoms with van der Waals surface area (Å²) in [6, 6.07) is 37.5. The normalized spacial score (nSPS) is 8.64. The van der Waals surface area contributed by atoms with Gasteiger partial charge in [-0.1, -0.05) is 0 Å². The predicted octanol–water partition coefficient (Wildman–Crippen LogP) is 3.67. The molecule has 0 amide bonds. The van der Waals surface area contributed by atoms with Crippen molar-refractivity contribution in [2.24, 2.45) is 0 Å². The summed E-state index contributed by atoms with van der Waals surface area (Å²) in [5, 5.41) is 0. The molecule has 0 saturated heterocycles. The third kappa shape index (κ3) is 12.5. The summed E-state index contributed by atoms with van der Waals surface area (Å²) in [5.74, 6) is 0. The van der Waals surface area contributed by atoms with Crippen LogP contribution in [0.5, 0.6) is 0 Å². The third-order valence-corrected chi connectivity index (χ3v) is 8.43. The molecule has 4 heteroatoms. The smallest absolute Gasteiger partial charge is 0.172 e. The van der Waals surface area contributed by atoms with Crippen molar-refractivity contribution in [3.8, 4) is 0 Å². The van der Waals surface area contributed by atoms with Gasteiger partial charge in [-0.05, 0) is 0 Å². The molecule has 0 spiro atoms. The zero-order valence-electron chi connectivity index (χ0n) is 13.6. The molecule has 0 aliphatic carbocycles. The molecule has 25 heavy (non-hydrogen) atoms. The van der Waals surface area contributed by atoms with E-state index in [0.29, 0.717) is 29.9 Å². The quantitative estimate of drug-likeness (QED) is 0.273. The van der Waals surface area contributed by atoms with Gasteiger partial charge in [0.15, 0.2) is 0 Å². The van der Waals surface area contributed by atoms with Crippen LogP contribution in [0.1, 0.15) is 0 Å². The third-order valence-electron chi connectivity index (χ3n) is 2.83. The van der Waals surface area contributed by atoms with Gasteiger partial charge in [0.2, 0.25) is 0 Å². The van der Waals surface area contributed by atoms with Gasteiger partial charge in [0, 0.05) is 0 Å². The molecule has 0 fully saturated rings. The minimum absolute atomic E-state index is 0. The summed E-state index contributed by atoms with van der Waals surface area (Å²) in [7, 11) is 0. The molecule has 0 nitrogen and oxygen atoms in total. The van der Waals surface area contributed by atoms with Crippen molar-refractivity contribution in [1.29, 1.82) is 0 Å². The molecular formula is C21H20Fe2Se2. The van der Waals surface area contributed by atoms with E-state index < -0.39 is 0 Å². The first-order valence-corrected chi connectivity index (χ1v) is 11.6. The fourth-order valence-electron chi connectivity index (χ4n) is 1.71. The van der Waals surface area contributed by atoms with Crippen molar-refractivity contribution < 1.29 is 34.1 Å². The van der Waals surface area contributed by atoms with Crippen LogP contribution in [0.2, 0.25) is 4.22 Å². The van der Waals surface area contributed by atoms with E-state index in [0.717, 1.165) is 0 Å². The Morgan fingerprint density at radius 3 is 1.68 bits per heavy atom. The van der Waals surface area contributed by atoms with Crippen molar-refractivity contribution in [2.75, 3.05) is 0 Å². The molecule has 0 aliphatic rings. The first kappa shape index (κ1) is 24.5. The Morgan fingerprint density at radius 1 is 0.720 bits per heavy atom. The first-order valence-electron chi connectivity index (χ1n) is 7.47. The van der Waals surface area contributed by atoms with Crippen LogP contribution in [-0.4, -0.2) is 29.9 Å². The van der Waals surface area contributed by atoms with Crippen molar-refractivity contribution >= 4 is 38.8 Å². The summed E-state index contributed by atoms with van der Waals surface area (Å²) in [6.45, 7) is 0. The molecule has 132 valence electrons. The summed E-state index contributed by atoms with van der Waals surface area (Å²) < 4.78 is 4.47. The van der Waals surface area contributed by atoms with Crippen molar-refractivity contribution in [1.82, 2.24) is 0 Å². The summed E-state index contributed by atoms with van der Waals surface area (Å²) in [4.78, 5) is 0. The Balaban J connectivity index is 0.000000400. The van der Waals surface area contributed by atoms with Crippen LogP contribution in [0.4, 0.5) is 0 Å². The molecule has 0 aromatic heterocycles. The van der Waals surface area contributed by atoms with Crippen molar-refractivity contribution in [2.45, 2.75) is 4.22 Å². The predicted molar refractivity (Wildman–Crippen MR) is 104 cm³/mol. The molecule has 0 N–H and O–H groups in total. The number of rotatable bonds is 4. The molecule has 4 aromatic carbocycles. The second-order valence-corrected chi connectivity index (χ2v) is 10.8. The molecule has 0 atom stereocenters.